The van der Waals surface area contributed by atoms with Crippen molar-refractivity contribution in [3.63, 3.8) is 0 Å². The van der Waals surface area contributed by atoms with Gasteiger partial charge >= 0.3 is 0 Å². The first kappa shape index (κ1) is 17.3. The molecule has 3 aromatic rings. The van der Waals surface area contributed by atoms with Gasteiger partial charge in [0.15, 0.2) is 0 Å². The normalized spacial score (nSPS) is 15.2. The van der Waals surface area contributed by atoms with Crippen LogP contribution in [0.5, 0.6) is 5.75 Å². The molecule has 0 atom stereocenters. The molecular weight excluding hydrogens is 360 g/mol. The maximum absolute atomic E-state index is 5.69. The summed E-state index contributed by atoms with van der Waals surface area (Å²) in [4.78, 5) is 6.29. The number of anilines is 1. The lowest BCUT2D eigenvalue weighted by atomic mass is 9.90. The third kappa shape index (κ3) is 3.06. The van der Waals surface area contributed by atoms with Crippen molar-refractivity contribution in [1.29, 1.82) is 0 Å². The molecule has 0 amide bonds. The van der Waals surface area contributed by atoms with Gasteiger partial charge in [0, 0.05) is 22.9 Å². The van der Waals surface area contributed by atoms with Gasteiger partial charge in [0.25, 0.3) is 0 Å². The highest BCUT2D eigenvalue weighted by Crippen LogP contribution is 2.46. The molecule has 0 fully saturated rings. The highest BCUT2D eigenvalue weighted by atomic mass is 32.9. The number of fused-ring (bicyclic) bond motifs is 3. The van der Waals surface area contributed by atoms with Gasteiger partial charge in [0.2, 0.25) is 0 Å². The number of rotatable bonds is 3. The monoisotopic (exact) mass is 382 g/mol. The number of hydrogen-bond acceptors (Lipinski definition) is 5. The average molecular weight is 383 g/mol. The Morgan fingerprint density at radius 1 is 1.08 bits per heavy atom. The van der Waals surface area contributed by atoms with Crippen molar-refractivity contribution >= 4 is 32.1 Å². The molecule has 0 saturated heterocycles. The Morgan fingerprint density at radius 2 is 1.85 bits per heavy atom. The van der Waals surface area contributed by atoms with E-state index < -0.39 is 0 Å². The Morgan fingerprint density at radius 3 is 2.58 bits per heavy atom. The summed E-state index contributed by atoms with van der Waals surface area (Å²) >= 11 is 0. The quantitative estimate of drug-likeness (QED) is 0.557. The second-order valence-electron chi connectivity index (χ2n) is 7.01. The van der Waals surface area contributed by atoms with Crippen LogP contribution in [0.4, 0.5) is 11.4 Å². The molecule has 1 aliphatic heterocycles. The fourth-order valence-electron chi connectivity index (χ4n) is 3.22. The Kier molecular flexibility index (Phi) is 4.37. The van der Waals surface area contributed by atoms with Crippen LogP contribution in [-0.4, -0.2) is 6.61 Å². The van der Waals surface area contributed by atoms with Crippen LogP contribution < -0.4 is 14.7 Å². The molecular formula is C21H22N2OS2. The molecule has 1 aromatic heterocycles. The highest BCUT2D eigenvalue weighted by molar-refractivity contribution is 7.68. The zero-order valence-electron chi connectivity index (χ0n) is 15.4. The smallest absolute Gasteiger partial charge is 0.135 e. The fourth-order valence-corrected chi connectivity index (χ4v) is 6.16. The van der Waals surface area contributed by atoms with Gasteiger partial charge in [-0.05, 0) is 52.0 Å². The molecule has 0 spiro atoms. The molecule has 4 rings (SSSR count). The van der Waals surface area contributed by atoms with Crippen molar-refractivity contribution in [2.75, 3.05) is 11.9 Å². The van der Waals surface area contributed by atoms with Crippen LogP contribution in [0.1, 0.15) is 31.2 Å². The summed E-state index contributed by atoms with van der Waals surface area (Å²) in [5, 5.41) is 3.67. The van der Waals surface area contributed by atoms with Crippen molar-refractivity contribution in [2.45, 2.75) is 33.2 Å². The van der Waals surface area contributed by atoms with E-state index in [4.69, 9.17) is 9.73 Å². The lowest BCUT2D eigenvalue weighted by Crippen LogP contribution is -2.31. The second kappa shape index (κ2) is 6.56. The molecule has 134 valence electrons. The van der Waals surface area contributed by atoms with Crippen molar-refractivity contribution in [3.8, 4) is 16.9 Å². The van der Waals surface area contributed by atoms with E-state index in [0.717, 1.165) is 21.8 Å². The van der Waals surface area contributed by atoms with Gasteiger partial charge in [-0.15, -0.1) is 0 Å². The predicted molar refractivity (Wildman–Crippen MR) is 112 cm³/mol. The van der Waals surface area contributed by atoms with Gasteiger partial charge in [-0.1, -0.05) is 38.4 Å². The van der Waals surface area contributed by atoms with Crippen molar-refractivity contribution in [1.82, 2.24) is 0 Å². The summed E-state index contributed by atoms with van der Waals surface area (Å²) in [6, 6.07) is 14.7. The molecule has 26 heavy (non-hydrogen) atoms. The van der Waals surface area contributed by atoms with E-state index in [-0.39, 0.29) is 5.54 Å². The number of aryl methyl sites for hydroxylation is 1. The minimum Gasteiger partial charge on any atom is -0.494 e. The third-order valence-corrected chi connectivity index (χ3v) is 7.14. The van der Waals surface area contributed by atoms with E-state index in [1.54, 1.807) is 10.3 Å². The van der Waals surface area contributed by atoms with Crippen LogP contribution in [0.2, 0.25) is 0 Å². The first-order chi connectivity index (χ1) is 12.5. The van der Waals surface area contributed by atoms with E-state index in [1.807, 2.05) is 23.3 Å². The highest BCUT2D eigenvalue weighted by Gasteiger charge is 2.33. The van der Waals surface area contributed by atoms with Gasteiger partial charge in [0.05, 0.1) is 22.7 Å². The van der Waals surface area contributed by atoms with Crippen molar-refractivity contribution in [3.05, 3.63) is 57.6 Å². The van der Waals surface area contributed by atoms with Crippen LogP contribution >= 0.6 is 20.7 Å². The number of nitrogens with zero attached hydrogens (tertiary/aromatic N) is 1. The van der Waals surface area contributed by atoms with Crippen LogP contribution in [0.25, 0.3) is 11.1 Å². The van der Waals surface area contributed by atoms with Crippen LogP contribution in [0, 0.1) is 6.92 Å². The summed E-state index contributed by atoms with van der Waals surface area (Å²) in [5.74, 6) is 0.897. The number of ether oxygens (including phenoxy) is 1. The number of hydrogen-bond donors (Lipinski definition) is 1. The molecule has 0 saturated carbocycles. The summed E-state index contributed by atoms with van der Waals surface area (Å²) < 4.78 is 6.77. The molecule has 0 bridgehead atoms. The fraction of sp³-hybridized carbons (Fsp3) is 0.286. The summed E-state index contributed by atoms with van der Waals surface area (Å²) in [7, 11) is 3.56. The van der Waals surface area contributed by atoms with Gasteiger partial charge < -0.3 is 10.1 Å². The predicted octanol–water partition coefficient (Wildman–Crippen LogP) is 6.08. The lowest BCUT2D eigenvalue weighted by molar-refractivity contribution is 0.340. The Balaban J connectivity index is 1.90. The zero-order valence-corrected chi connectivity index (χ0v) is 17.1. The molecule has 1 aliphatic rings. The Bertz CT molecular complexity index is 1010. The minimum atomic E-state index is -0.130. The van der Waals surface area contributed by atoms with Crippen LogP contribution in [0.3, 0.4) is 0 Å². The van der Waals surface area contributed by atoms with E-state index >= 15 is 0 Å². The lowest BCUT2D eigenvalue weighted by Gasteiger charge is -2.33. The van der Waals surface area contributed by atoms with Crippen molar-refractivity contribution in [2.24, 2.45) is 4.99 Å². The Hall–Kier alpha value is -2.11. The molecule has 1 N–H and O–H groups in total. The van der Waals surface area contributed by atoms with E-state index in [9.17, 15) is 0 Å². The van der Waals surface area contributed by atoms with E-state index in [0.29, 0.717) is 6.61 Å². The van der Waals surface area contributed by atoms with Crippen LogP contribution in [0.15, 0.2) is 47.5 Å². The molecule has 0 radical (unpaired) electrons. The number of benzene rings is 2. The molecule has 0 unspecified atom stereocenters. The van der Waals surface area contributed by atoms with Gasteiger partial charge in [-0.25, -0.2) is 4.99 Å². The maximum atomic E-state index is 5.69. The molecule has 3 nitrogen and oxygen atoms in total. The van der Waals surface area contributed by atoms with Crippen molar-refractivity contribution < 1.29 is 4.74 Å². The standard InChI is InChI=1S/C21H22N2OS2/c1-5-24-15-10-11-16-17(12-15)23-21(3,4)19-18(16)20(26-25-19)22-14-8-6-13(2)7-9-14/h6-12,23H,5H2,1-4H3. The largest absolute Gasteiger partial charge is 0.494 e. The van der Waals surface area contributed by atoms with E-state index in [1.165, 1.54) is 21.6 Å². The third-order valence-electron chi connectivity index (χ3n) is 4.50. The summed E-state index contributed by atoms with van der Waals surface area (Å²) in [6.45, 7) is 9.22. The first-order valence-corrected chi connectivity index (χ1v) is 10.9. The number of nitrogens with one attached hydrogen (secondary N) is 1. The zero-order chi connectivity index (χ0) is 18.3. The van der Waals surface area contributed by atoms with Gasteiger partial charge in [0.1, 0.15) is 10.4 Å². The topological polar surface area (TPSA) is 33.6 Å². The second-order valence-corrected chi connectivity index (χ2v) is 9.14. The van der Waals surface area contributed by atoms with E-state index in [2.05, 4.69) is 62.5 Å². The molecule has 2 heterocycles. The molecule has 0 aliphatic carbocycles. The Labute approximate surface area is 161 Å². The summed E-state index contributed by atoms with van der Waals surface area (Å²) in [5.41, 5.74) is 5.68. The molecule has 5 heteroatoms. The SMILES string of the molecule is CCOc1ccc2c(c1)NC(C)(C)c1ssc(=Nc3ccc(C)cc3)c1-2. The average Bonchev–Trinajstić information content (AvgIpc) is 3.02. The first-order valence-electron chi connectivity index (χ1n) is 8.78. The van der Waals surface area contributed by atoms with Crippen LogP contribution in [-0.2, 0) is 5.54 Å². The van der Waals surface area contributed by atoms with Gasteiger partial charge in [-0.3, -0.25) is 0 Å². The van der Waals surface area contributed by atoms with Gasteiger partial charge in [-0.2, -0.15) is 0 Å². The minimum absolute atomic E-state index is 0.130. The summed E-state index contributed by atoms with van der Waals surface area (Å²) in [6.07, 6.45) is 0. The maximum Gasteiger partial charge on any atom is 0.135 e. The molecule has 2 aromatic carbocycles.